The zero-order valence-corrected chi connectivity index (χ0v) is 33.7. The fourth-order valence-electron chi connectivity index (χ4n) is 6.67. The molecule has 0 aliphatic carbocycles. The standard InChI is InChI=1S/C45H86O5/c1-3-5-7-9-11-13-15-17-19-21-22-24-25-27-29-31-33-35-37-39-44(47)49-42-43(41-46)50-45(48)40-38-36-34-32-30-28-26-23-20-18-16-14-12-10-8-6-4-2/h17,19,43,46H,3-16,18,20-42H2,1-2H3/t43-/m0/s1. The van der Waals surface area contributed by atoms with E-state index in [-0.39, 0.29) is 25.2 Å². The zero-order chi connectivity index (χ0) is 36.4. The Balaban J connectivity index is 3.48. The Bertz CT molecular complexity index is 720. The van der Waals surface area contributed by atoms with Crippen LogP contribution >= 0.6 is 0 Å². The van der Waals surface area contributed by atoms with Crippen LogP contribution in [-0.4, -0.2) is 36.4 Å². The maximum atomic E-state index is 12.2. The Labute approximate surface area is 311 Å². The normalized spacial score (nSPS) is 12.1. The molecular formula is C45H86O5. The number of aliphatic hydroxyl groups excluding tert-OH is 1. The molecule has 1 N–H and O–H groups in total. The van der Waals surface area contributed by atoms with Crippen LogP contribution in [0.1, 0.15) is 245 Å². The molecule has 0 heterocycles. The summed E-state index contributed by atoms with van der Waals surface area (Å²) in [5.74, 6) is -0.578. The van der Waals surface area contributed by atoms with E-state index in [1.54, 1.807) is 0 Å². The lowest BCUT2D eigenvalue weighted by Gasteiger charge is -2.15. The fraction of sp³-hybridized carbons (Fsp3) is 0.911. The van der Waals surface area contributed by atoms with E-state index in [0.29, 0.717) is 12.8 Å². The van der Waals surface area contributed by atoms with Gasteiger partial charge in [-0.3, -0.25) is 9.59 Å². The summed E-state index contributed by atoms with van der Waals surface area (Å²) in [6, 6.07) is 0. The van der Waals surface area contributed by atoms with Gasteiger partial charge in [-0.1, -0.05) is 206 Å². The summed E-state index contributed by atoms with van der Waals surface area (Å²) >= 11 is 0. The van der Waals surface area contributed by atoms with Gasteiger partial charge in [0, 0.05) is 12.8 Å². The number of allylic oxidation sites excluding steroid dienone is 2. The van der Waals surface area contributed by atoms with E-state index in [1.165, 1.54) is 180 Å². The molecule has 0 fully saturated rings. The quantitative estimate of drug-likeness (QED) is 0.0389. The minimum Gasteiger partial charge on any atom is -0.462 e. The second-order valence-electron chi connectivity index (χ2n) is 15.1. The van der Waals surface area contributed by atoms with E-state index in [0.717, 1.165) is 38.5 Å². The Morgan fingerprint density at radius 2 is 0.740 bits per heavy atom. The molecule has 0 amide bonds. The summed E-state index contributed by atoms with van der Waals surface area (Å²) in [4.78, 5) is 24.3. The largest absolute Gasteiger partial charge is 0.462 e. The monoisotopic (exact) mass is 707 g/mol. The third-order valence-corrected chi connectivity index (χ3v) is 10.1. The fourth-order valence-corrected chi connectivity index (χ4v) is 6.67. The summed E-state index contributed by atoms with van der Waals surface area (Å²) < 4.78 is 10.6. The Morgan fingerprint density at radius 3 is 1.08 bits per heavy atom. The lowest BCUT2D eigenvalue weighted by molar-refractivity contribution is -0.161. The highest BCUT2D eigenvalue weighted by Crippen LogP contribution is 2.16. The number of unbranched alkanes of at least 4 members (excludes halogenated alkanes) is 31. The summed E-state index contributed by atoms with van der Waals surface area (Å²) in [5.41, 5.74) is 0. The first-order chi connectivity index (χ1) is 24.6. The smallest absolute Gasteiger partial charge is 0.306 e. The average Bonchev–Trinajstić information content (AvgIpc) is 3.12. The third kappa shape index (κ3) is 39.4. The van der Waals surface area contributed by atoms with E-state index in [4.69, 9.17) is 9.47 Å². The number of carbonyl (C=O) groups excluding carboxylic acids is 2. The number of aliphatic hydroxyl groups is 1. The lowest BCUT2D eigenvalue weighted by Crippen LogP contribution is -2.28. The molecule has 296 valence electrons. The molecule has 0 radical (unpaired) electrons. The van der Waals surface area contributed by atoms with Gasteiger partial charge in [-0.15, -0.1) is 0 Å². The van der Waals surface area contributed by atoms with Gasteiger partial charge in [0.25, 0.3) is 0 Å². The highest BCUT2D eigenvalue weighted by atomic mass is 16.6. The van der Waals surface area contributed by atoms with Gasteiger partial charge in [0.2, 0.25) is 0 Å². The van der Waals surface area contributed by atoms with Crippen LogP contribution in [0.2, 0.25) is 0 Å². The molecule has 0 rings (SSSR count). The summed E-state index contributed by atoms with van der Waals surface area (Å²) in [6.45, 7) is 4.16. The maximum Gasteiger partial charge on any atom is 0.306 e. The van der Waals surface area contributed by atoms with E-state index in [2.05, 4.69) is 26.0 Å². The van der Waals surface area contributed by atoms with Gasteiger partial charge in [0.1, 0.15) is 6.61 Å². The van der Waals surface area contributed by atoms with Gasteiger partial charge in [-0.25, -0.2) is 0 Å². The van der Waals surface area contributed by atoms with E-state index in [9.17, 15) is 14.7 Å². The van der Waals surface area contributed by atoms with Crippen molar-refractivity contribution in [3.63, 3.8) is 0 Å². The SMILES string of the molecule is CCCCCCCCC=CCCCCCCCCCCCC(=O)OC[C@H](CO)OC(=O)CCCCCCCCCCCCCCCCCCC. The van der Waals surface area contributed by atoms with Crippen molar-refractivity contribution in [1.82, 2.24) is 0 Å². The molecule has 0 bridgehead atoms. The molecule has 0 saturated carbocycles. The first-order valence-electron chi connectivity index (χ1n) is 22.2. The van der Waals surface area contributed by atoms with Gasteiger partial charge < -0.3 is 14.6 Å². The van der Waals surface area contributed by atoms with Crippen molar-refractivity contribution >= 4 is 11.9 Å². The lowest BCUT2D eigenvalue weighted by atomic mass is 10.0. The second-order valence-corrected chi connectivity index (χ2v) is 15.1. The third-order valence-electron chi connectivity index (χ3n) is 10.1. The molecule has 0 unspecified atom stereocenters. The number of esters is 2. The van der Waals surface area contributed by atoms with Gasteiger partial charge in [-0.2, -0.15) is 0 Å². The van der Waals surface area contributed by atoms with Crippen molar-refractivity contribution < 1.29 is 24.2 Å². The Kier molecular flexibility index (Phi) is 40.9. The summed E-state index contributed by atoms with van der Waals surface area (Å²) in [5, 5.41) is 9.58. The molecular weight excluding hydrogens is 620 g/mol. The Morgan fingerprint density at radius 1 is 0.440 bits per heavy atom. The number of ether oxygens (including phenoxy) is 2. The summed E-state index contributed by atoms with van der Waals surface area (Å²) in [7, 11) is 0. The van der Waals surface area contributed by atoms with Crippen LogP contribution in [0.15, 0.2) is 12.2 Å². The van der Waals surface area contributed by atoms with Crippen molar-refractivity contribution in [3.8, 4) is 0 Å². The molecule has 0 aromatic rings. The predicted molar refractivity (Wildman–Crippen MR) is 215 cm³/mol. The zero-order valence-electron chi connectivity index (χ0n) is 33.7. The molecule has 0 aromatic carbocycles. The first-order valence-corrected chi connectivity index (χ1v) is 22.2. The average molecular weight is 707 g/mol. The molecule has 0 aliphatic rings. The van der Waals surface area contributed by atoms with Gasteiger partial charge in [-0.05, 0) is 38.5 Å². The van der Waals surface area contributed by atoms with Crippen LogP contribution in [0.25, 0.3) is 0 Å². The topological polar surface area (TPSA) is 72.8 Å². The Hall–Kier alpha value is -1.36. The van der Waals surface area contributed by atoms with Crippen molar-refractivity contribution in [1.29, 1.82) is 0 Å². The molecule has 0 aliphatic heterocycles. The van der Waals surface area contributed by atoms with Crippen LogP contribution in [0, 0.1) is 0 Å². The van der Waals surface area contributed by atoms with Gasteiger partial charge in [0.15, 0.2) is 6.10 Å². The van der Waals surface area contributed by atoms with E-state index < -0.39 is 6.10 Å². The highest BCUT2D eigenvalue weighted by molar-refractivity contribution is 5.70. The molecule has 5 nitrogen and oxygen atoms in total. The second kappa shape index (κ2) is 42.1. The van der Waals surface area contributed by atoms with Crippen LogP contribution in [0.5, 0.6) is 0 Å². The van der Waals surface area contributed by atoms with Crippen LogP contribution in [-0.2, 0) is 19.1 Å². The number of carbonyl (C=O) groups is 2. The van der Waals surface area contributed by atoms with Gasteiger partial charge in [0.05, 0.1) is 6.61 Å². The number of hydrogen-bond acceptors (Lipinski definition) is 5. The van der Waals surface area contributed by atoms with Gasteiger partial charge >= 0.3 is 11.9 Å². The summed E-state index contributed by atoms with van der Waals surface area (Å²) in [6.07, 6.45) is 48.5. The van der Waals surface area contributed by atoms with E-state index in [1.807, 2.05) is 0 Å². The molecule has 0 saturated heterocycles. The van der Waals surface area contributed by atoms with Crippen molar-refractivity contribution in [3.05, 3.63) is 12.2 Å². The van der Waals surface area contributed by atoms with Crippen molar-refractivity contribution in [2.75, 3.05) is 13.2 Å². The predicted octanol–water partition coefficient (Wildman–Crippen LogP) is 14.1. The molecule has 5 heteroatoms. The minimum atomic E-state index is -0.765. The van der Waals surface area contributed by atoms with Crippen LogP contribution in [0.4, 0.5) is 0 Å². The number of hydrogen-bond donors (Lipinski definition) is 1. The molecule has 0 spiro atoms. The molecule has 0 aromatic heterocycles. The highest BCUT2D eigenvalue weighted by Gasteiger charge is 2.16. The van der Waals surface area contributed by atoms with Crippen molar-refractivity contribution in [2.24, 2.45) is 0 Å². The van der Waals surface area contributed by atoms with Crippen LogP contribution < -0.4 is 0 Å². The van der Waals surface area contributed by atoms with Crippen LogP contribution in [0.3, 0.4) is 0 Å². The molecule has 1 atom stereocenters. The first kappa shape index (κ1) is 48.6. The maximum absolute atomic E-state index is 12.2. The van der Waals surface area contributed by atoms with E-state index >= 15 is 0 Å². The van der Waals surface area contributed by atoms with Crippen molar-refractivity contribution in [2.45, 2.75) is 251 Å². The minimum absolute atomic E-state index is 0.0605. The molecule has 50 heavy (non-hydrogen) atoms. The number of rotatable bonds is 41.